The molecule has 1 spiro atoms. The van der Waals surface area contributed by atoms with Crippen LogP contribution in [0.2, 0.25) is 0 Å². The van der Waals surface area contributed by atoms with Crippen molar-refractivity contribution in [1.29, 1.82) is 0 Å². The average molecular weight is 542 g/mol. The Balaban J connectivity index is 1.72. The number of Topliss-reactive ketones (excluding diaryl/α,β-unsaturated/α-hetero) is 1. The van der Waals surface area contributed by atoms with E-state index in [9.17, 15) is 29.7 Å². The zero-order valence-corrected chi connectivity index (χ0v) is 23.0. The quantitative estimate of drug-likeness (QED) is 0.255. The van der Waals surface area contributed by atoms with E-state index in [1.807, 2.05) is 30.3 Å². The smallest absolute Gasteiger partial charge is 0.303 e. The maximum absolute atomic E-state index is 14.3. The molecular formula is C30H39NO8. The molecule has 4 N–H and O–H groups in total. The number of aliphatic hydroxyl groups is 3. The third-order valence-corrected chi connectivity index (χ3v) is 9.87. The van der Waals surface area contributed by atoms with Crippen LogP contribution < -0.4 is 5.32 Å². The zero-order chi connectivity index (χ0) is 28.5. The van der Waals surface area contributed by atoms with Crippen LogP contribution in [0.25, 0.3) is 0 Å². The summed E-state index contributed by atoms with van der Waals surface area (Å²) in [7, 11) is 0. The second kappa shape index (κ2) is 9.51. The lowest BCUT2D eigenvalue weighted by molar-refractivity contribution is -0.224. The number of hydrogen-bond acceptors (Lipinski definition) is 8. The number of hydrogen-bond donors (Lipinski definition) is 4. The van der Waals surface area contributed by atoms with Crippen molar-refractivity contribution in [2.24, 2.45) is 29.1 Å². The molecule has 9 nitrogen and oxygen atoms in total. The molecule has 0 radical (unpaired) electrons. The molecule has 0 bridgehead atoms. The molecule has 2 aliphatic heterocycles. The lowest BCUT2D eigenvalue weighted by atomic mass is 9.48. The number of carbonyl (C=O) groups excluding carboxylic acids is 3. The highest BCUT2D eigenvalue weighted by Crippen LogP contribution is 2.62. The van der Waals surface area contributed by atoms with Crippen LogP contribution in [0.4, 0.5) is 0 Å². The molecule has 1 aromatic rings. The van der Waals surface area contributed by atoms with Crippen molar-refractivity contribution in [3.63, 3.8) is 0 Å². The number of rotatable bonds is 3. The summed E-state index contributed by atoms with van der Waals surface area (Å²) < 4.78 is 11.8. The number of esters is 1. The highest BCUT2D eigenvalue weighted by atomic mass is 16.6. The van der Waals surface area contributed by atoms with E-state index < -0.39 is 88.4 Å². The lowest BCUT2D eigenvalue weighted by Crippen LogP contribution is -2.69. The van der Waals surface area contributed by atoms with E-state index in [2.05, 4.69) is 5.32 Å². The Morgan fingerprint density at radius 1 is 1.15 bits per heavy atom. The van der Waals surface area contributed by atoms with E-state index >= 15 is 0 Å². The molecule has 1 saturated carbocycles. The van der Waals surface area contributed by atoms with Gasteiger partial charge in [0.15, 0.2) is 5.78 Å². The summed E-state index contributed by atoms with van der Waals surface area (Å²) in [5.74, 6) is -4.21. The maximum Gasteiger partial charge on any atom is 0.303 e. The Bertz CT molecular complexity index is 1180. The summed E-state index contributed by atoms with van der Waals surface area (Å²) in [4.78, 5) is 40.1. The number of ether oxygens (including phenoxy) is 2. The van der Waals surface area contributed by atoms with Crippen molar-refractivity contribution in [2.75, 3.05) is 0 Å². The Morgan fingerprint density at radius 3 is 2.46 bits per heavy atom. The van der Waals surface area contributed by atoms with Crippen LogP contribution in [0.1, 0.15) is 46.6 Å². The summed E-state index contributed by atoms with van der Waals surface area (Å²) in [5.41, 5.74) is -4.00. The summed E-state index contributed by atoms with van der Waals surface area (Å²) in [6, 6.07) is 9.19. The van der Waals surface area contributed by atoms with Gasteiger partial charge in [-0.2, -0.15) is 0 Å². The first kappa shape index (κ1) is 28.0. The van der Waals surface area contributed by atoms with E-state index in [0.29, 0.717) is 6.42 Å². The van der Waals surface area contributed by atoms with Crippen molar-refractivity contribution in [3.05, 3.63) is 48.0 Å². The van der Waals surface area contributed by atoms with Gasteiger partial charge in [-0.1, -0.05) is 56.3 Å². The van der Waals surface area contributed by atoms with Gasteiger partial charge in [0.1, 0.15) is 29.3 Å². The molecule has 2 aliphatic carbocycles. The Morgan fingerprint density at radius 2 is 1.82 bits per heavy atom. The lowest BCUT2D eigenvalue weighted by Gasteiger charge is -2.57. The maximum atomic E-state index is 14.3. The van der Waals surface area contributed by atoms with Crippen LogP contribution in [0.15, 0.2) is 42.5 Å². The van der Waals surface area contributed by atoms with Gasteiger partial charge in [-0.25, -0.2) is 0 Å². The SMILES string of the molecule is CC(=O)O[C@@H]1[C@@H]2O[C@@H]2[C@@](C)(O)C(=O)[C@@H](C)CC=C[C@H]2[C@H](O)[C@](C)(O)[C@@H](C)[C@H]3[C@H](Cc4ccccc4)NC(=O)[C@@]312. The number of allylic oxidation sites excluding steroid dienone is 1. The number of aliphatic hydroxyl groups excluding tert-OH is 1. The number of benzene rings is 1. The Kier molecular flexibility index (Phi) is 6.81. The van der Waals surface area contributed by atoms with E-state index in [1.54, 1.807) is 32.9 Å². The van der Waals surface area contributed by atoms with E-state index in [-0.39, 0.29) is 6.42 Å². The van der Waals surface area contributed by atoms with Crippen molar-refractivity contribution < 1.29 is 39.2 Å². The molecule has 212 valence electrons. The fraction of sp³-hybridized carbons (Fsp3) is 0.633. The third-order valence-electron chi connectivity index (χ3n) is 9.87. The minimum Gasteiger partial charge on any atom is -0.458 e. The van der Waals surface area contributed by atoms with Gasteiger partial charge in [0.25, 0.3) is 0 Å². The van der Waals surface area contributed by atoms with Crippen LogP contribution in [-0.2, 0) is 30.3 Å². The molecular weight excluding hydrogens is 502 g/mol. The molecule has 3 fully saturated rings. The highest BCUT2D eigenvalue weighted by molar-refractivity contribution is 5.91. The highest BCUT2D eigenvalue weighted by Gasteiger charge is 2.76. The van der Waals surface area contributed by atoms with Gasteiger partial charge in [-0.05, 0) is 38.2 Å². The largest absolute Gasteiger partial charge is 0.458 e. The number of epoxide rings is 1. The molecule has 1 aromatic carbocycles. The number of amides is 1. The third kappa shape index (κ3) is 4.17. The second-order valence-corrected chi connectivity index (χ2v) is 12.3. The van der Waals surface area contributed by atoms with Crippen LogP contribution in [-0.4, -0.2) is 74.6 Å². The van der Waals surface area contributed by atoms with E-state index in [1.165, 1.54) is 13.8 Å². The molecule has 9 heteroatoms. The van der Waals surface area contributed by atoms with Crippen LogP contribution in [0.5, 0.6) is 0 Å². The number of nitrogens with one attached hydrogen (secondary N) is 1. The molecule has 2 saturated heterocycles. The van der Waals surface area contributed by atoms with Gasteiger partial charge in [0.05, 0.1) is 11.7 Å². The van der Waals surface area contributed by atoms with Crippen LogP contribution in [0.3, 0.4) is 0 Å². The van der Waals surface area contributed by atoms with Gasteiger partial charge in [0.2, 0.25) is 5.91 Å². The summed E-state index contributed by atoms with van der Waals surface area (Å²) >= 11 is 0. The minimum atomic E-state index is -1.87. The predicted octanol–water partition coefficient (Wildman–Crippen LogP) is 1.32. The molecule has 1 amide bonds. The van der Waals surface area contributed by atoms with Gasteiger partial charge in [0, 0.05) is 30.7 Å². The topological polar surface area (TPSA) is 146 Å². The summed E-state index contributed by atoms with van der Waals surface area (Å²) in [5, 5.41) is 37.8. The number of fused-ring (bicyclic) bond motifs is 1. The number of ketones is 1. The van der Waals surface area contributed by atoms with Crippen LogP contribution in [0, 0.1) is 29.1 Å². The average Bonchev–Trinajstić information content (AvgIpc) is 3.63. The first-order valence-corrected chi connectivity index (χ1v) is 13.8. The van der Waals surface area contributed by atoms with Gasteiger partial charge < -0.3 is 30.1 Å². The molecule has 39 heavy (non-hydrogen) atoms. The molecule has 2 heterocycles. The molecule has 5 rings (SSSR count). The van der Waals surface area contributed by atoms with Crippen molar-refractivity contribution >= 4 is 17.7 Å². The fourth-order valence-corrected chi connectivity index (χ4v) is 7.68. The van der Waals surface area contributed by atoms with Gasteiger partial charge >= 0.3 is 5.97 Å². The van der Waals surface area contributed by atoms with Crippen LogP contribution >= 0.6 is 0 Å². The van der Waals surface area contributed by atoms with E-state index in [4.69, 9.17) is 9.47 Å². The summed E-state index contributed by atoms with van der Waals surface area (Å²) in [6.45, 7) is 7.70. The molecule has 0 unspecified atom stereocenters. The Hall–Kier alpha value is -2.59. The van der Waals surface area contributed by atoms with Crippen molar-refractivity contribution in [1.82, 2.24) is 5.32 Å². The van der Waals surface area contributed by atoms with Gasteiger partial charge in [-0.3, -0.25) is 14.4 Å². The Labute approximate surface area is 228 Å². The zero-order valence-electron chi connectivity index (χ0n) is 23.0. The van der Waals surface area contributed by atoms with Crippen molar-refractivity contribution in [3.8, 4) is 0 Å². The molecule has 12 atom stereocenters. The first-order chi connectivity index (χ1) is 18.2. The molecule has 4 aliphatic rings. The fourth-order valence-electron chi connectivity index (χ4n) is 7.68. The second-order valence-electron chi connectivity index (χ2n) is 12.3. The number of carbonyl (C=O) groups is 3. The first-order valence-electron chi connectivity index (χ1n) is 13.8. The van der Waals surface area contributed by atoms with Crippen molar-refractivity contribution in [2.45, 2.75) is 89.1 Å². The normalized spacial score (nSPS) is 47.2. The van der Waals surface area contributed by atoms with Gasteiger partial charge in [-0.15, -0.1) is 0 Å². The van der Waals surface area contributed by atoms with E-state index in [0.717, 1.165) is 5.56 Å². The predicted molar refractivity (Wildman–Crippen MR) is 140 cm³/mol. The summed E-state index contributed by atoms with van der Waals surface area (Å²) in [6.07, 6.45) is -0.452. The minimum absolute atomic E-state index is 0.251. The molecule has 0 aromatic heterocycles. The standard InChI is InChI=1S/C30H39NO8/c1-15-10-9-13-19-24(34)28(4,36)16(2)21-20(14-18-11-7-6-8-12-18)31-27(35)30(19,21)26(38-17(3)32)22-25(39-22)29(5,37)23(15)33/h6-9,11-13,15-16,19-22,24-26,34,36-37H,10,14H2,1-5H3,(H,31,35)/t15-,16-,19-,20-,21-,22+,24-,25-,26+,28+,29-,30-/m0/s1. The monoisotopic (exact) mass is 541 g/mol.